The first kappa shape index (κ1) is 25.0. The number of anilines is 1. The molecule has 1 aromatic heterocycles. The zero-order valence-electron chi connectivity index (χ0n) is 19.7. The van der Waals surface area contributed by atoms with E-state index in [0.717, 1.165) is 55.1 Å². The second-order valence-corrected chi connectivity index (χ2v) is 9.01. The molecule has 0 saturated carbocycles. The van der Waals surface area contributed by atoms with Gasteiger partial charge in [-0.15, -0.1) is 0 Å². The Hall–Kier alpha value is -2.64. The highest BCUT2D eigenvalue weighted by molar-refractivity contribution is 6.30. The molecule has 0 radical (unpaired) electrons. The second kappa shape index (κ2) is 12.0. The molecule has 0 unspecified atom stereocenters. The van der Waals surface area contributed by atoms with Crippen molar-refractivity contribution in [2.45, 2.75) is 46.1 Å². The molecule has 2 N–H and O–H groups in total. The van der Waals surface area contributed by atoms with Gasteiger partial charge >= 0.3 is 6.03 Å². The van der Waals surface area contributed by atoms with Gasteiger partial charge in [0.2, 0.25) is 5.91 Å². The molecule has 3 amide bonds. The van der Waals surface area contributed by atoms with E-state index in [1.807, 2.05) is 62.1 Å². The van der Waals surface area contributed by atoms with E-state index in [0.29, 0.717) is 24.5 Å². The maximum atomic E-state index is 12.9. The van der Waals surface area contributed by atoms with Crippen molar-refractivity contribution in [2.24, 2.45) is 0 Å². The van der Waals surface area contributed by atoms with Crippen molar-refractivity contribution >= 4 is 29.2 Å². The Morgan fingerprint density at radius 1 is 1.12 bits per heavy atom. The first-order chi connectivity index (χ1) is 15.8. The van der Waals surface area contributed by atoms with Gasteiger partial charge in [0.15, 0.2) is 0 Å². The molecule has 1 aliphatic rings. The number of hydrogen-bond acceptors (Lipinski definition) is 4. The molecule has 8 heteroatoms. The molecule has 2 aromatic rings. The summed E-state index contributed by atoms with van der Waals surface area (Å²) >= 11 is 5.95. The molecular weight excluding hydrogens is 438 g/mol. The van der Waals surface area contributed by atoms with Crippen LogP contribution in [-0.4, -0.2) is 65.5 Å². The van der Waals surface area contributed by atoms with Gasteiger partial charge in [-0.2, -0.15) is 0 Å². The number of hydrogen-bond donors (Lipinski definition) is 2. The quantitative estimate of drug-likeness (QED) is 0.609. The van der Waals surface area contributed by atoms with Crippen LogP contribution in [-0.2, 0) is 11.2 Å². The summed E-state index contributed by atoms with van der Waals surface area (Å²) < 4.78 is 0. The van der Waals surface area contributed by atoms with E-state index in [9.17, 15) is 9.59 Å². The topological polar surface area (TPSA) is 77.6 Å². The van der Waals surface area contributed by atoms with Crippen LogP contribution < -0.4 is 10.6 Å². The van der Waals surface area contributed by atoms with Gasteiger partial charge in [0.25, 0.3) is 0 Å². The smallest absolute Gasteiger partial charge is 0.319 e. The van der Waals surface area contributed by atoms with E-state index in [1.165, 1.54) is 0 Å². The molecule has 178 valence electrons. The molecule has 1 aromatic carbocycles. The molecule has 1 fully saturated rings. The van der Waals surface area contributed by atoms with Gasteiger partial charge in [0.05, 0.1) is 6.42 Å². The normalized spacial score (nSPS) is 14.7. The summed E-state index contributed by atoms with van der Waals surface area (Å²) in [6.07, 6.45) is 2.30. The fourth-order valence-corrected chi connectivity index (χ4v) is 4.51. The molecule has 1 saturated heterocycles. The van der Waals surface area contributed by atoms with E-state index in [1.54, 1.807) is 0 Å². The first-order valence-electron chi connectivity index (χ1n) is 11.6. The number of piperidine rings is 1. The van der Waals surface area contributed by atoms with Crippen LogP contribution in [0.25, 0.3) is 0 Å². The molecule has 0 atom stereocenters. The number of nitrogens with zero attached hydrogens (tertiary/aromatic N) is 3. The lowest BCUT2D eigenvalue weighted by Crippen LogP contribution is -2.49. The highest BCUT2D eigenvalue weighted by atomic mass is 35.5. The number of aryl methyl sites for hydroxylation is 2. The van der Waals surface area contributed by atoms with Crippen LogP contribution in [0.5, 0.6) is 0 Å². The van der Waals surface area contributed by atoms with Crippen LogP contribution in [0.2, 0.25) is 5.02 Å². The average Bonchev–Trinajstić information content (AvgIpc) is 2.76. The Kier molecular flexibility index (Phi) is 9.09. The molecule has 3 rings (SSSR count). The summed E-state index contributed by atoms with van der Waals surface area (Å²) in [5.41, 5.74) is 3.49. The summed E-state index contributed by atoms with van der Waals surface area (Å²) in [7, 11) is 0. The van der Waals surface area contributed by atoms with Crippen molar-refractivity contribution in [3.8, 4) is 0 Å². The van der Waals surface area contributed by atoms with Crippen molar-refractivity contribution in [3.05, 3.63) is 58.4 Å². The minimum atomic E-state index is -0.208. The van der Waals surface area contributed by atoms with Crippen molar-refractivity contribution < 1.29 is 9.59 Å². The molecule has 7 nitrogen and oxygen atoms in total. The Morgan fingerprint density at radius 3 is 2.36 bits per heavy atom. The number of carbonyl (C=O) groups is 2. The monoisotopic (exact) mass is 471 g/mol. The van der Waals surface area contributed by atoms with Crippen molar-refractivity contribution in [1.29, 1.82) is 0 Å². The number of carbonyl (C=O) groups excluding carboxylic acids is 2. The molecule has 0 spiro atoms. The maximum Gasteiger partial charge on any atom is 0.319 e. The lowest BCUT2D eigenvalue weighted by atomic mass is 10.0. The maximum absolute atomic E-state index is 12.9. The average molecular weight is 472 g/mol. The van der Waals surface area contributed by atoms with E-state index >= 15 is 0 Å². The van der Waals surface area contributed by atoms with Gasteiger partial charge < -0.3 is 20.4 Å². The first-order valence-corrected chi connectivity index (χ1v) is 12.0. The lowest BCUT2D eigenvalue weighted by molar-refractivity contribution is -0.133. The van der Waals surface area contributed by atoms with Crippen molar-refractivity contribution in [1.82, 2.24) is 20.1 Å². The van der Waals surface area contributed by atoms with Crippen molar-refractivity contribution in [2.75, 3.05) is 38.0 Å². The number of urea groups is 1. The Labute approximate surface area is 201 Å². The summed E-state index contributed by atoms with van der Waals surface area (Å²) in [5.74, 6) is 0.165. The fourth-order valence-electron chi connectivity index (χ4n) is 4.38. The number of halogens is 1. The number of nitrogens with one attached hydrogen (secondary N) is 2. The predicted molar refractivity (Wildman–Crippen MR) is 133 cm³/mol. The Balaban J connectivity index is 1.39. The van der Waals surface area contributed by atoms with Gasteiger partial charge in [-0.3, -0.25) is 9.78 Å². The van der Waals surface area contributed by atoms with Gasteiger partial charge in [-0.25, -0.2) is 4.79 Å². The Bertz CT molecular complexity index is 922. The number of rotatable bonds is 8. The highest BCUT2D eigenvalue weighted by Crippen LogP contribution is 2.18. The van der Waals surface area contributed by atoms with Gasteiger partial charge in [0, 0.05) is 60.9 Å². The SMILES string of the molecule is CCN(C(=O)Cc1ccc(Cl)cc1)C1CCN(CCNC(=O)Nc2cc(C)nc(C)c2)CC1. The third-order valence-corrected chi connectivity index (χ3v) is 6.23. The zero-order valence-corrected chi connectivity index (χ0v) is 20.5. The molecule has 33 heavy (non-hydrogen) atoms. The van der Waals surface area contributed by atoms with Gasteiger partial charge in [0.1, 0.15) is 0 Å². The summed E-state index contributed by atoms with van der Waals surface area (Å²) in [6, 6.07) is 11.2. The fraction of sp³-hybridized carbons (Fsp3) is 0.480. The minimum Gasteiger partial charge on any atom is -0.340 e. The molecular formula is C25H34ClN5O2. The number of pyridine rings is 1. The van der Waals surface area contributed by atoms with Crippen molar-refractivity contribution in [3.63, 3.8) is 0 Å². The number of aromatic nitrogens is 1. The van der Waals surface area contributed by atoms with Crippen LogP contribution in [0.3, 0.4) is 0 Å². The third-order valence-electron chi connectivity index (χ3n) is 5.98. The summed E-state index contributed by atoms with van der Waals surface area (Å²) in [4.78, 5) is 33.7. The molecule has 0 aliphatic carbocycles. The third kappa shape index (κ3) is 7.72. The van der Waals surface area contributed by atoms with E-state index in [2.05, 4.69) is 20.5 Å². The Morgan fingerprint density at radius 2 is 1.76 bits per heavy atom. The van der Waals surface area contributed by atoms with Gasteiger partial charge in [-0.05, 0) is 63.4 Å². The number of benzene rings is 1. The molecule has 2 heterocycles. The number of amides is 3. The van der Waals surface area contributed by atoms with E-state index in [4.69, 9.17) is 11.6 Å². The van der Waals surface area contributed by atoms with E-state index < -0.39 is 0 Å². The number of likely N-dealkylation sites (N-methyl/N-ethyl adjacent to an activating group) is 1. The second-order valence-electron chi connectivity index (χ2n) is 8.58. The van der Waals surface area contributed by atoms with Crippen LogP contribution in [0.15, 0.2) is 36.4 Å². The summed E-state index contributed by atoms with van der Waals surface area (Å²) in [6.45, 7) is 9.78. The highest BCUT2D eigenvalue weighted by Gasteiger charge is 2.26. The number of likely N-dealkylation sites (tertiary alicyclic amines) is 1. The lowest BCUT2D eigenvalue weighted by Gasteiger charge is -2.38. The largest absolute Gasteiger partial charge is 0.340 e. The van der Waals surface area contributed by atoms with Crippen LogP contribution in [0.1, 0.15) is 36.7 Å². The van der Waals surface area contributed by atoms with Gasteiger partial charge in [-0.1, -0.05) is 23.7 Å². The predicted octanol–water partition coefficient (Wildman–Crippen LogP) is 4.03. The molecule has 1 aliphatic heterocycles. The van der Waals surface area contributed by atoms with Crippen LogP contribution >= 0.6 is 11.6 Å². The summed E-state index contributed by atoms with van der Waals surface area (Å²) in [5, 5.41) is 6.47. The standard InChI is InChI=1S/C25H34ClN5O2/c1-4-31(24(32)17-20-5-7-21(26)8-6-20)23-9-12-30(13-10-23)14-11-27-25(33)29-22-15-18(2)28-19(3)16-22/h5-8,15-16,23H,4,9-14,17H2,1-3H3,(H2,27,28,29,33). The van der Waals surface area contributed by atoms with E-state index in [-0.39, 0.29) is 18.0 Å². The molecule has 0 bridgehead atoms. The zero-order chi connectivity index (χ0) is 23.8. The van der Waals surface area contributed by atoms with Crippen LogP contribution in [0, 0.1) is 13.8 Å². The minimum absolute atomic E-state index is 0.165. The van der Waals surface area contributed by atoms with Crippen LogP contribution in [0.4, 0.5) is 10.5 Å².